The molecule has 0 amide bonds. The Balaban J connectivity index is 2.24. The molecule has 0 fully saturated rings. The largest absolute Gasteiger partial charge is 0.380 e. The smallest absolute Gasteiger partial charge is 0.271 e. The number of anilines is 1. The highest BCUT2D eigenvalue weighted by Gasteiger charge is 2.18. The molecular formula is C14H18N2O3S2. The molecular weight excluding hydrogens is 308 g/mol. The number of hydrogen-bond donors (Lipinski definition) is 2. The fourth-order valence-corrected chi connectivity index (χ4v) is 4.34. The molecule has 0 unspecified atom stereocenters. The molecule has 0 aliphatic rings. The van der Waals surface area contributed by atoms with Gasteiger partial charge < -0.3 is 10.1 Å². The van der Waals surface area contributed by atoms with E-state index in [1.54, 1.807) is 25.3 Å². The Hall–Kier alpha value is -1.41. The van der Waals surface area contributed by atoms with Crippen molar-refractivity contribution in [3.8, 4) is 0 Å². The maximum absolute atomic E-state index is 12.4. The van der Waals surface area contributed by atoms with Crippen molar-refractivity contribution in [2.75, 3.05) is 18.9 Å². The maximum Gasteiger partial charge on any atom is 0.271 e. The average molecular weight is 326 g/mol. The van der Waals surface area contributed by atoms with E-state index < -0.39 is 10.0 Å². The Morgan fingerprint density at radius 1 is 1.19 bits per heavy atom. The lowest BCUT2D eigenvalue weighted by Gasteiger charge is -2.11. The zero-order valence-electron chi connectivity index (χ0n) is 11.9. The first-order valence-corrected chi connectivity index (χ1v) is 8.70. The molecule has 0 spiro atoms. The van der Waals surface area contributed by atoms with Crippen LogP contribution in [-0.4, -0.2) is 22.6 Å². The molecule has 1 aromatic carbocycles. The molecule has 1 aromatic heterocycles. The third kappa shape index (κ3) is 4.04. The molecule has 0 saturated carbocycles. The highest BCUT2D eigenvalue weighted by atomic mass is 32.2. The summed E-state index contributed by atoms with van der Waals surface area (Å²) >= 11 is 1.26. The van der Waals surface area contributed by atoms with Crippen LogP contribution in [0.2, 0.25) is 0 Å². The van der Waals surface area contributed by atoms with E-state index >= 15 is 0 Å². The first kappa shape index (κ1) is 16.0. The summed E-state index contributed by atoms with van der Waals surface area (Å²) in [5.41, 5.74) is 1.35. The third-order valence-corrected chi connectivity index (χ3v) is 5.76. The van der Waals surface area contributed by atoms with Crippen LogP contribution in [0, 0.1) is 0 Å². The van der Waals surface area contributed by atoms with Crippen LogP contribution in [0.3, 0.4) is 0 Å². The molecule has 21 heavy (non-hydrogen) atoms. The summed E-state index contributed by atoms with van der Waals surface area (Å²) in [4.78, 5) is 0.975. The number of methoxy groups -OCH3 is 1. The lowest BCUT2D eigenvalue weighted by molar-refractivity contribution is 0.185. The second kappa shape index (κ2) is 7.04. The van der Waals surface area contributed by atoms with Crippen molar-refractivity contribution >= 4 is 27.0 Å². The zero-order valence-corrected chi connectivity index (χ0v) is 13.6. The molecule has 0 radical (unpaired) electrons. The van der Waals surface area contributed by atoms with Crippen LogP contribution < -0.4 is 10.0 Å². The molecule has 0 atom stereocenters. The van der Waals surface area contributed by atoms with E-state index in [1.165, 1.54) is 11.3 Å². The molecule has 7 heteroatoms. The molecule has 114 valence electrons. The number of hydrogen-bond acceptors (Lipinski definition) is 5. The van der Waals surface area contributed by atoms with Gasteiger partial charge in [0.2, 0.25) is 0 Å². The molecule has 0 aliphatic carbocycles. The summed E-state index contributed by atoms with van der Waals surface area (Å²) in [6.45, 7) is 1.01. The van der Waals surface area contributed by atoms with Crippen LogP contribution in [0.1, 0.15) is 10.4 Å². The van der Waals surface area contributed by atoms with Crippen molar-refractivity contribution in [1.82, 2.24) is 5.32 Å². The minimum atomic E-state index is -3.57. The van der Waals surface area contributed by atoms with E-state index in [0.29, 0.717) is 23.0 Å². The Morgan fingerprint density at radius 3 is 2.67 bits per heavy atom. The van der Waals surface area contributed by atoms with Gasteiger partial charge in [-0.1, -0.05) is 18.2 Å². The number of sulfonamides is 1. The normalized spacial score (nSPS) is 11.5. The number of rotatable bonds is 7. The standard InChI is InChI=1S/C14H18N2O3S2/c1-15-9-12-7-8-14(20-12)21(17,18)16-13-6-4-3-5-11(13)10-19-2/h3-8,15-16H,9-10H2,1-2H3. The minimum absolute atomic E-state index is 0.306. The lowest BCUT2D eigenvalue weighted by atomic mass is 10.2. The molecule has 5 nitrogen and oxygen atoms in total. The molecule has 0 bridgehead atoms. The molecule has 1 heterocycles. The molecule has 2 aromatic rings. The van der Waals surface area contributed by atoms with Crippen LogP contribution >= 0.6 is 11.3 Å². The van der Waals surface area contributed by atoms with Gasteiger partial charge in [0.05, 0.1) is 12.3 Å². The second-order valence-corrected chi connectivity index (χ2v) is 7.52. The van der Waals surface area contributed by atoms with E-state index in [1.807, 2.05) is 25.2 Å². The predicted molar refractivity (Wildman–Crippen MR) is 85.0 cm³/mol. The second-order valence-electron chi connectivity index (χ2n) is 4.45. The Bertz CT molecular complexity index is 696. The van der Waals surface area contributed by atoms with Gasteiger partial charge in [0.1, 0.15) is 4.21 Å². The fraction of sp³-hybridized carbons (Fsp3) is 0.286. The Kier molecular flexibility index (Phi) is 5.35. The molecule has 2 N–H and O–H groups in total. The van der Waals surface area contributed by atoms with Crippen LogP contribution in [0.25, 0.3) is 0 Å². The lowest BCUT2D eigenvalue weighted by Crippen LogP contribution is -2.13. The summed E-state index contributed by atoms with van der Waals surface area (Å²) in [5, 5.41) is 3.00. The topological polar surface area (TPSA) is 67.4 Å². The van der Waals surface area contributed by atoms with Gasteiger partial charge in [-0.25, -0.2) is 8.42 Å². The van der Waals surface area contributed by atoms with Crippen LogP contribution in [0.5, 0.6) is 0 Å². The number of thiophene rings is 1. The zero-order chi connectivity index (χ0) is 15.3. The SMILES string of the molecule is CNCc1ccc(S(=O)(=O)Nc2ccccc2COC)s1. The van der Waals surface area contributed by atoms with Gasteiger partial charge in [-0.3, -0.25) is 4.72 Å². The van der Waals surface area contributed by atoms with Crippen molar-refractivity contribution in [3.63, 3.8) is 0 Å². The fourth-order valence-electron chi connectivity index (χ4n) is 1.87. The quantitative estimate of drug-likeness (QED) is 0.820. The van der Waals surface area contributed by atoms with E-state index in [2.05, 4.69) is 10.0 Å². The first-order valence-electron chi connectivity index (χ1n) is 6.40. The summed E-state index contributed by atoms with van der Waals surface area (Å²) < 4.78 is 32.8. The van der Waals surface area contributed by atoms with Crippen LogP contribution in [0.15, 0.2) is 40.6 Å². The monoisotopic (exact) mass is 326 g/mol. The molecule has 2 rings (SSSR count). The van der Waals surface area contributed by atoms with Gasteiger partial charge in [0.15, 0.2) is 0 Å². The third-order valence-electron chi connectivity index (χ3n) is 2.81. The minimum Gasteiger partial charge on any atom is -0.380 e. The maximum atomic E-state index is 12.4. The van der Waals surface area contributed by atoms with Gasteiger partial charge >= 0.3 is 0 Å². The number of nitrogens with one attached hydrogen (secondary N) is 2. The average Bonchev–Trinajstić information content (AvgIpc) is 2.91. The summed E-state index contributed by atoms with van der Waals surface area (Å²) in [6, 6.07) is 10.6. The van der Waals surface area contributed by atoms with Crippen LogP contribution in [-0.2, 0) is 27.9 Å². The molecule has 0 aliphatic heterocycles. The highest BCUT2D eigenvalue weighted by Crippen LogP contribution is 2.25. The van der Waals surface area contributed by atoms with Crippen molar-refractivity contribution in [3.05, 3.63) is 46.8 Å². The highest BCUT2D eigenvalue weighted by molar-refractivity contribution is 7.94. The summed E-state index contributed by atoms with van der Waals surface area (Å²) in [5.74, 6) is 0. The van der Waals surface area contributed by atoms with E-state index in [9.17, 15) is 8.42 Å². The first-order chi connectivity index (χ1) is 10.1. The van der Waals surface area contributed by atoms with Crippen molar-refractivity contribution in [2.45, 2.75) is 17.4 Å². The van der Waals surface area contributed by atoms with E-state index in [-0.39, 0.29) is 0 Å². The van der Waals surface area contributed by atoms with Crippen molar-refractivity contribution < 1.29 is 13.2 Å². The number of ether oxygens (including phenoxy) is 1. The van der Waals surface area contributed by atoms with Gasteiger partial charge in [-0.05, 0) is 25.2 Å². The van der Waals surface area contributed by atoms with Crippen molar-refractivity contribution in [1.29, 1.82) is 0 Å². The number of benzene rings is 1. The Labute approximate surface area is 129 Å². The van der Waals surface area contributed by atoms with Crippen molar-refractivity contribution in [2.24, 2.45) is 0 Å². The van der Waals surface area contributed by atoms with Crippen LogP contribution in [0.4, 0.5) is 5.69 Å². The van der Waals surface area contributed by atoms with Gasteiger partial charge in [0.25, 0.3) is 10.0 Å². The summed E-state index contributed by atoms with van der Waals surface area (Å²) in [7, 11) is -0.162. The summed E-state index contributed by atoms with van der Waals surface area (Å²) in [6.07, 6.45) is 0. The van der Waals surface area contributed by atoms with Gasteiger partial charge in [-0.15, -0.1) is 11.3 Å². The molecule has 0 saturated heterocycles. The Morgan fingerprint density at radius 2 is 1.95 bits per heavy atom. The van der Waals surface area contributed by atoms with Gasteiger partial charge in [-0.2, -0.15) is 0 Å². The van der Waals surface area contributed by atoms with E-state index in [4.69, 9.17) is 4.74 Å². The van der Waals surface area contributed by atoms with Gasteiger partial charge in [0, 0.05) is 24.1 Å². The number of para-hydroxylation sites is 1. The van der Waals surface area contributed by atoms with E-state index in [0.717, 1.165) is 10.4 Å². The predicted octanol–water partition coefficient (Wildman–Crippen LogP) is 2.41.